The van der Waals surface area contributed by atoms with Crippen molar-refractivity contribution in [1.82, 2.24) is 0 Å². The van der Waals surface area contributed by atoms with Gasteiger partial charge in [0.05, 0.1) is 30.1 Å². The summed E-state index contributed by atoms with van der Waals surface area (Å²) >= 11 is 0. The van der Waals surface area contributed by atoms with Gasteiger partial charge in [-0.05, 0) is 57.9 Å². The summed E-state index contributed by atoms with van der Waals surface area (Å²) in [6.07, 6.45) is 7.13. The van der Waals surface area contributed by atoms with Gasteiger partial charge in [0.25, 0.3) is 0 Å². The van der Waals surface area contributed by atoms with E-state index in [1.54, 1.807) is 28.1 Å². The van der Waals surface area contributed by atoms with E-state index >= 15 is 0 Å². The van der Waals surface area contributed by atoms with Gasteiger partial charge in [-0.25, -0.2) is 0 Å². The molecule has 33 heavy (non-hydrogen) atoms. The summed E-state index contributed by atoms with van der Waals surface area (Å²) in [7, 11) is 4.84. The number of rotatable bonds is 17. The lowest BCUT2D eigenvalue weighted by Crippen LogP contribution is -2.46. The quantitative estimate of drug-likeness (QED) is 0.270. The van der Waals surface area contributed by atoms with Crippen LogP contribution in [0.3, 0.4) is 0 Å². The topological polar surface area (TPSA) is 82.1 Å². The van der Waals surface area contributed by atoms with E-state index in [-0.39, 0.29) is 36.2 Å². The maximum absolute atomic E-state index is 13.3. The molecular formula is C27H48O6. The van der Waals surface area contributed by atoms with Crippen LogP contribution in [0.4, 0.5) is 0 Å². The standard InChI is InChI=1S/C27H48O6/c1-11-19(3)22(31-8)16-15-18(2)13-12-14-20(4)25(33-10)21(5)26(30)27(6,7)23(32-9)17-24(28)29/h11,15,20-23,25H,12-14,16-17H2,1-10H3,(H,28,29)/b18-15-,19-11+. The molecule has 0 radical (unpaired) electrons. The molecule has 6 heteroatoms. The largest absolute Gasteiger partial charge is 0.481 e. The van der Waals surface area contributed by atoms with Crippen molar-refractivity contribution in [3.05, 3.63) is 23.3 Å². The van der Waals surface area contributed by atoms with Gasteiger partial charge in [-0.1, -0.05) is 45.4 Å². The van der Waals surface area contributed by atoms with Crippen LogP contribution >= 0.6 is 0 Å². The lowest BCUT2D eigenvalue weighted by Gasteiger charge is -2.36. The number of hydrogen-bond acceptors (Lipinski definition) is 5. The minimum Gasteiger partial charge on any atom is -0.481 e. The lowest BCUT2D eigenvalue weighted by molar-refractivity contribution is -0.150. The first kappa shape index (κ1) is 31.5. The molecule has 0 amide bonds. The summed E-state index contributed by atoms with van der Waals surface area (Å²) < 4.78 is 16.7. The van der Waals surface area contributed by atoms with Gasteiger partial charge < -0.3 is 19.3 Å². The highest BCUT2D eigenvalue weighted by molar-refractivity contribution is 5.87. The Morgan fingerprint density at radius 2 is 1.64 bits per heavy atom. The van der Waals surface area contributed by atoms with Crippen LogP contribution in [0.2, 0.25) is 0 Å². The Kier molecular flexibility index (Phi) is 14.7. The molecule has 0 bridgehead atoms. The van der Waals surface area contributed by atoms with E-state index < -0.39 is 17.5 Å². The van der Waals surface area contributed by atoms with Gasteiger partial charge in [0.1, 0.15) is 5.78 Å². The first-order valence-electron chi connectivity index (χ1n) is 12.0. The van der Waals surface area contributed by atoms with Gasteiger partial charge in [0, 0.05) is 27.2 Å². The van der Waals surface area contributed by atoms with E-state index in [4.69, 9.17) is 14.2 Å². The molecule has 192 valence electrons. The second-order valence-corrected chi connectivity index (χ2v) is 9.81. The third-order valence-corrected chi connectivity index (χ3v) is 6.98. The van der Waals surface area contributed by atoms with Gasteiger partial charge in [-0.3, -0.25) is 9.59 Å². The fourth-order valence-electron chi connectivity index (χ4n) is 4.55. The first-order chi connectivity index (χ1) is 15.4. The molecule has 0 aromatic heterocycles. The normalized spacial score (nSPS) is 17.9. The van der Waals surface area contributed by atoms with Crippen LogP contribution in [0, 0.1) is 17.3 Å². The fourth-order valence-corrected chi connectivity index (χ4v) is 4.55. The number of carboxylic acids is 1. The molecule has 5 unspecified atom stereocenters. The molecule has 5 atom stereocenters. The number of carboxylic acid groups (broad SMARTS) is 1. The second-order valence-electron chi connectivity index (χ2n) is 9.81. The number of carbonyl (C=O) groups excluding carboxylic acids is 1. The number of allylic oxidation sites excluding steroid dienone is 2. The molecule has 1 N–H and O–H groups in total. The van der Waals surface area contributed by atoms with Crippen LogP contribution in [0.25, 0.3) is 0 Å². The molecule has 6 nitrogen and oxygen atoms in total. The molecular weight excluding hydrogens is 420 g/mol. The Morgan fingerprint density at radius 1 is 1.03 bits per heavy atom. The number of ether oxygens (including phenoxy) is 3. The predicted octanol–water partition coefficient (Wildman–Crippen LogP) is 5.85. The van der Waals surface area contributed by atoms with Crippen LogP contribution in [-0.4, -0.2) is 56.5 Å². The van der Waals surface area contributed by atoms with E-state index in [1.165, 1.54) is 18.3 Å². The van der Waals surface area contributed by atoms with E-state index in [1.807, 2.05) is 13.8 Å². The van der Waals surface area contributed by atoms with E-state index in [9.17, 15) is 14.7 Å². The Balaban J connectivity index is 5.01. The maximum Gasteiger partial charge on any atom is 0.306 e. The number of aliphatic carboxylic acids is 1. The first-order valence-corrected chi connectivity index (χ1v) is 12.0. The van der Waals surface area contributed by atoms with Crippen LogP contribution in [0.5, 0.6) is 0 Å². The van der Waals surface area contributed by atoms with Crippen molar-refractivity contribution < 1.29 is 28.9 Å². The Labute approximate surface area is 201 Å². The molecule has 0 aromatic rings. The van der Waals surface area contributed by atoms with Gasteiger partial charge in [0.15, 0.2) is 0 Å². The average molecular weight is 469 g/mol. The fraction of sp³-hybridized carbons (Fsp3) is 0.778. The highest BCUT2D eigenvalue weighted by Gasteiger charge is 2.43. The molecule has 0 fully saturated rings. The lowest BCUT2D eigenvalue weighted by atomic mass is 9.72. The van der Waals surface area contributed by atoms with Crippen molar-refractivity contribution in [1.29, 1.82) is 0 Å². The van der Waals surface area contributed by atoms with Crippen molar-refractivity contribution in [2.24, 2.45) is 17.3 Å². The maximum atomic E-state index is 13.3. The van der Waals surface area contributed by atoms with Crippen molar-refractivity contribution in [3.8, 4) is 0 Å². The highest BCUT2D eigenvalue weighted by atomic mass is 16.5. The monoisotopic (exact) mass is 468 g/mol. The van der Waals surface area contributed by atoms with Gasteiger partial charge >= 0.3 is 5.97 Å². The second kappa shape index (κ2) is 15.4. The molecule has 0 aliphatic rings. The number of Topliss-reactive ketones (excluding diaryl/α,β-unsaturated/α-hetero) is 1. The molecule has 0 aliphatic carbocycles. The van der Waals surface area contributed by atoms with E-state index in [0.29, 0.717) is 0 Å². The molecule has 0 aromatic carbocycles. The van der Waals surface area contributed by atoms with Crippen molar-refractivity contribution >= 4 is 11.8 Å². The highest BCUT2D eigenvalue weighted by Crippen LogP contribution is 2.34. The van der Waals surface area contributed by atoms with Crippen molar-refractivity contribution in [2.75, 3.05) is 21.3 Å². The molecule has 0 saturated carbocycles. The molecule has 0 heterocycles. The summed E-state index contributed by atoms with van der Waals surface area (Å²) in [6.45, 7) is 13.8. The smallest absolute Gasteiger partial charge is 0.306 e. The predicted molar refractivity (Wildman–Crippen MR) is 133 cm³/mol. The molecule has 0 saturated heterocycles. The molecule has 0 spiro atoms. The Hall–Kier alpha value is -1.50. The van der Waals surface area contributed by atoms with Crippen LogP contribution in [0.15, 0.2) is 23.3 Å². The van der Waals surface area contributed by atoms with Crippen LogP contribution in [0.1, 0.15) is 80.6 Å². The number of methoxy groups -OCH3 is 3. The third kappa shape index (κ3) is 10.1. The number of hydrogen-bond donors (Lipinski definition) is 1. The zero-order valence-electron chi connectivity index (χ0n) is 22.6. The van der Waals surface area contributed by atoms with Crippen LogP contribution < -0.4 is 0 Å². The number of ketones is 1. The SMILES string of the molecule is C/C=C(\C)C(C/C=C(/C)CCCC(C)C(OC)C(C)C(=O)C(C)(C)C(CC(=O)O)OC)OC. The summed E-state index contributed by atoms with van der Waals surface area (Å²) in [6, 6.07) is 0. The molecule has 0 aliphatic heterocycles. The Bertz CT molecular complexity index is 664. The van der Waals surface area contributed by atoms with E-state index in [2.05, 4.69) is 32.9 Å². The van der Waals surface area contributed by atoms with Gasteiger partial charge in [0.2, 0.25) is 0 Å². The van der Waals surface area contributed by atoms with Crippen molar-refractivity contribution in [3.63, 3.8) is 0 Å². The number of carbonyl (C=O) groups is 2. The zero-order valence-corrected chi connectivity index (χ0v) is 22.6. The van der Waals surface area contributed by atoms with Gasteiger partial charge in [-0.15, -0.1) is 0 Å². The van der Waals surface area contributed by atoms with Crippen LogP contribution in [-0.2, 0) is 23.8 Å². The minimum atomic E-state index is -0.979. The zero-order chi connectivity index (χ0) is 25.8. The summed E-state index contributed by atoms with van der Waals surface area (Å²) in [4.78, 5) is 24.5. The summed E-state index contributed by atoms with van der Waals surface area (Å²) in [5, 5.41) is 9.18. The van der Waals surface area contributed by atoms with E-state index in [0.717, 1.165) is 25.7 Å². The van der Waals surface area contributed by atoms with Gasteiger partial charge in [-0.2, -0.15) is 0 Å². The average Bonchev–Trinajstić information content (AvgIpc) is 2.76. The van der Waals surface area contributed by atoms with Crippen molar-refractivity contribution in [2.45, 2.75) is 98.9 Å². The Morgan fingerprint density at radius 3 is 2.09 bits per heavy atom. The third-order valence-electron chi connectivity index (χ3n) is 6.98. The molecule has 0 rings (SSSR count). The summed E-state index contributed by atoms with van der Waals surface area (Å²) in [5.74, 6) is -1.19. The minimum absolute atomic E-state index is 0.0321. The summed E-state index contributed by atoms with van der Waals surface area (Å²) in [5.41, 5.74) is 1.65.